The Morgan fingerprint density at radius 1 is 1.15 bits per heavy atom. The third-order valence-electron chi connectivity index (χ3n) is 3.48. The zero-order chi connectivity index (χ0) is 19.0. The van der Waals surface area contributed by atoms with Crippen molar-refractivity contribution >= 4 is 11.9 Å². The third-order valence-corrected chi connectivity index (χ3v) is 3.48. The van der Waals surface area contributed by atoms with Gasteiger partial charge in [-0.3, -0.25) is 4.79 Å². The van der Waals surface area contributed by atoms with Gasteiger partial charge in [0.05, 0.1) is 18.2 Å². The molecule has 0 bridgehead atoms. The minimum absolute atomic E-state index is 0.388. The van der Waals surface area contributed by atoms with Crippen molar-refractivity contribution in [1.29, 1.82) is 5.26 Å². The van der Waals surface area contributed by atoms with Crippen LogP contribution in [0, 0.1) is 11.3 Å². The summed E-state index contributed by atoms with van der Waals surface area (Å²) in [5.74, 6) is -0.161. The van der Waals surface area contributed by atoms with E-state index < -0.39 is 17.5 Å². The van der Waals surface area contributed by atoms with Gasteiger partial charge >= 0.3 is 6.18 Å². The number of allylic oxidation sites excluding steroid dienone is 1. The number of hydrogen-bond acceptors (Lipinski definition) is 3. The predicted octanol–water partition coefficient (Wildman–Crippen LogP) is 5.28. The second kappa shape index (κ2) is 8.86. The molecule has 0 fully saturated rings. The molecule has 0 atom stereocenters. The topological polar surface area (TPSA) is 50.1 Å². The molecule has 0 heterocycles. The molecule has 0 aliphatic rings. The maximum Gasteiger partial charge on any atom is 0.417 e. The van der Waals surface area contributed by atoms with Crippen LogP contribution in [0.2, 0.25) is 0 Å². The standard InChI is InChI=1S/C20H16F3NO2/c21-20(22,23)18-9-2-1-8-17(18)19(25)11-10-15-6-5-7-16(14-15)26-13-4-3-12-24/h1-2,5-11,14H,3-4,13H2/b11-10+. The molecule has 26 heavy (non-hydrogen) atoms. The summed E-state index contributed by atoms with van der Waals surface area (Å²) in [6.45, 7) is 0.388. The smallest absolute Gasteiger partial charge is 0.417 e. The van der Waals surface area contributed by atoms with Crippen molar-refractivity contribution in [2.24, 2.45) is 0 Å². The van der Waals surface area contributed by atoms with Gasteiger partial charge in [-0.25, -0.2) is 0 Å². The molecule has 0 aromatic heterocycles. The highest BCUT2D eigenvalue weighted by atomic mass is 19.4. The number of carbonyl (C=O) groups excluding carboxylic acids is 1. The van der Waals surface area contributed by atoms with E-state index >= 15 is 0 Å². The lowest BCUT2D eigenvalue weighted by Gasteiger charge is -2.10. The van der Waals surface area contributed by atoms with Gasteiger partial charge in [0.2, 0.25) is 0 Å². The Labute approximate surface area is 149 Å². The molecule has 0 spiro atoms. The number of carbonyl (C=O) groups is 1. The van der Waals surface area contributed by atoms with Crippen molar-refractivity contribution in [3.63, 3.8) is 0 Å². The Hall–Kier alpha value is -3.07. The summed E-state index contributed by atoms with van der Waals surface area (Å²) < 4.78 is 44.4. The van der Waals surface area contributed by atoms with Crippen molar-refractivity contribution in [1.82, 2.24) is 0 Å². The molecule has 0 aliphatic heterocycles. The molecular weight excluding hydrogens is 343 g/mol. The van der Waals surface area contributed by atoms with E-state index in [0.29, 0.717) is 30.8 Å². The molecule has 0 saturated heterocycles. The summed E-state index contributed by atoms with van der Waals surface area (Å²) in [4.78, 5) is 12.2. The van der Waals surface area contributed by atoms with Gasteiger partial charge in [-0.2, -0.15) is 18.4 Å². The molecular formula is C20H16F3NO2. The first-order chi connectivity index (χ1) is 12.4. The maximum atomic E-state index is 13.0. The lowest BCUT2D eigenvalue weighted by Crippen LogP contribution is -2.11. The highest BCUT2D eigenvalue weighted by molar-refractivity contribution is 6.07. The van der Waals surface area contributed by atoms with Crippen LogP contribution in [0.3, 0.4) is 0 Å². The van der Waals surface area contributed by atoms with Gasteiger partial charge in [-0.1, -0.05) is 36.4 Å². The van der Waals surface area contributed by atoms with Crippen molar-refractivity contribution < 1.29 is 22.7 Å². The lowest BCUT2D eigenvalue weighted by atomic mass is 10.0. The van der Waals surface area contributed by atoms with E-state index in [1.54, 1.807) is 24.3 Å². The largest absolute Gasteiger partial charge is 0.494 e. The quantitative estimate of drug-likeness (QED) is 0.384. The highest BCUT2D eigenvalue weighted by Gasteiger charge is 2.34. The van der Waals surface area contributed by atoms with E-state index in [2.05, 4.69) is 0 Å². The molecule has 2 aromatic carbocycles. The minimum atomic E-state index is -4.59. The fourth-order valence-electron chi connectivity index (χ4n) is 2.26. The van der Waals surface area contributed by atoms with Gasteiger partial charge in [0.25, 0.3) is 0 Å². The Bertz CT molecular complexity index is 835. The minimum Gasteiger partial charge on any atom is -0.494 e. The fraction of sp³-hybridized carbons (Fsp3) is 0.200. The van der Waals surface area contributed by atoms with Gasteiger partial charge in [-0.05, 0) is 36.3 Å². The molecule has 0 N–H and O–H groups in total. The summed E-state index contributed by atoms with van der Waals surface area (Å²) in [5.41, 5.74) is -0.718. The van der Waals surface area contributed by atoms with Crippen LogP contribution >= 0.6 is 0 Å². The van der Waals surface area contributed by atoms with Crippen LogP contribution < -0.4 is 4.74 Å². The van der Waals surface area contributed by atoms with Gasteiger partial charge in [-0.15, -0.1) is 0 Å². The van der Waals surface area contributed by atoms with Crippen LogP contribution in [0.4, 0.5) is 13.2 Å². The number of nitrogens with zero attached hydrogens (tertiary/aromatic N) is 1. The number of benzene rings is 2. The van der Waals surface area contributed by atoms with E-state index in [-0.39, 0.29) is 5.56 Å². The van der Waals surface area contributed by atoms with E-state index in [1.165, 1.54) is 18.2 Å². The van der Waals surface area contributed by atoms with Crippen LogP contribution in [-0.2, 0) is 6.18 Å². The average Bonchev–Trinajstić information content (AvgIpc) is 2.63. The Morgan fingerprint density at radius 3 is 2.65 bits per heavy atom. The molecule has 0 aliphatic carbocycles. The second-order valence-electron chi connectivity index (χ2n) is 5.42. The van der Waals surface area contributed by atoms with Crippen molar-refractivity contribution in [3.8, 4) is 11.8 Å². The zero-order valence-corrected chi connectivity index (χ0v) is 13.8. The van der Waals surface area contributed by atoms with Gasteiger partial charge < -0.3 is 4.74 Å². The van der Waals surface area contributed by atoms with Crippen LogP contribution in [0.1, 0.15) is 34.3 Å². The Morgan fingerprint density at radius 2 is 1.92 bits per heavy atom. The molecule has 6 heteroatoms. The van der Waals surface area contributed by atoms with Crippen molar-refractivity contribution in [2.45, 2.75) is 19.0 Å². The number of nitriles is 1. The summed E-state index contributed by atoms with van der Waals surface area (Å²) in [6, 6.07) is 13.5. The Balaban J connectivity index is 2.11. The molecule has 134 valence electrons. The number of alkyl halides is 3. The van der Waals surface area contributed by atoms with Crippen LogP contribution in [0.25, 0.3) is 6.08 Å². The number of rotatable bonds is 7. The summed E-state index contributed by atoms with van der Waals surface area (Å²) >= 11 is 0. The maximum absolute atomic E-state index is 13.0. The van der Waals surface area contributed by atoms with Gasteiger partial charge in [0, 0.05) is 12.0 Å². The normalized spacial score (nSPS) is 11.3. The SMILES string of the molecule is N#CCCCOc1cccc(/C=C/C(=O)c2ccccc2C(F)(F)F)c1. The summed E-state index contributed by atoms with van der Waals surface area (Å²) in [7, 11) is 0. The van der Waals surface area contributed by atoms with Gasteiger partial charge in [0.1, 0.15) is 5.75 Å². The average molecular weight is 359 g/mol. The second-order valence-corrected chi connectivity index (χ2v) is 5.42. The van der Waals surface area contributed by atoms with E-state index in [1.807, 2.05) is 6.07 Å². The molecule has 0 radical (unpaired) electrons. The number of ether oxygens (including phenoxy) is 1. The number of hydrogen-bond donors (Lipinski definition) is 0. The first-order valence-corrected chi connectivity index (χ1v) is 7.90. The fourth-order valence-corrected chi connectivity index (χ4v) is 2.26. The van der Waals surface area contributed by atoms with Gasteiger partial charge in [0.15, 0.2) is 5.78 Å². The van der Waals surface area contributed by atoms with E-state index in [0.717, 1.165) is 18.2 Å². The first kappa shape index (κ1) is 19.3. The molecule has 3 nitrogen and oxygen atoms in total. The number of halogens is 3. The van der Waals surface area contributed by atoms with Crippen molar-refractivity contribution in [2.75, 3.05) is 6.61 Å². The number of ketones is 1. The molecule has 0 unspecified atom stereocenters. The number of unbranched alkanes of at least 4 members (excludes halogenated alkanes) is 1. The van der Waals surface area contributed by atoms with Crippen molar-refractivity contribution in [3.05, 3.63) is 71.3 Å². The lowest BCUT2D eigenvalue weighted by molar-refractivity contribution is -0.137. The van der Waals surface area contributed by atoms with Crippen LogP contribution in [-0.4, -0.2) is 12.4 Å². The predicted molar refractivity (Wildman–Crippen MR) is 91.6 cm³/mol. The van der Waals surface area contributed by atoms with Crippen LogP contribution in [0.5, 0.6) is 5.75 Å². The monoisotopic (exact) mass is 359 g/mol. The summed E-state index contributed by atoms with van der Waals surface area (Å²) in [6.07, 6.45) is -1.04. The first-order valence-electron chi connectivity index (χ1n) is 7.90. The summed E-state index contributed by atoms with van der Waals surface area (Å²) in [5, 5.41) is 8.48. The molecule has 0 amide bonds. The Kier molecular flexibility index (Phi) is 6.56. The molecule has 2 rings (SSSR count). The molecule has 2 aromatic rings. The van der Waals surface area contributed by atoms with E-state index in [9.17, 15) is 18.0 Å². The third kappa shape index (κ3) is 5.49. The van der Waals surface area contributed by atoms with E-state index in [4.69, 9.17) is 10.00 Å². The highest BCUT2D eigenvalue weighted by Crippen LogP contribution is 2.32. The van der Waals surface area contributed by atoms with Crippen LogP contribution in [0.15, 0.2) is 54.6 Å². The molecule has 0 saturated carbocycles. The zero-order valence-electron chi connectivity index (χ0n) is 13.8.